The van der Waals surface area contributed by atoms with Crippen molar-refractivity contribution in [1.82, 2.24) is 0 Å². The van der Waals surface area contributed by atoms with E-state index in [1.807, 2.05) is 0 Å². The summed E-state index contributed by atoms with van der Waals surface area (Å²) in [7, 11) is -5.70. The molecule has 0 amide bonds. The molecular weight excluding hydrogens is 277 g/mol. The topological polar surface area (TPSA) is 69.7 Å². The number of ether oxygens (including phenoxy) is 1. The molecule has 1 unspecified atom stereocenters. The highest BCUT2D eigenvalue weighted by Crippen LogP contribution is 2.30. The van der Waals surface area contributed by atoms with Crippen LogP contribution in [0.3, 0.4) is 0 Å². The van der Waals surface area contributed by atoms with Crippen molar-refractivity contribution < 1.29 is 35.3 Å². The van der Waals surface area contributed by atoms with E-state index in [9.17, 15) is 26.4 Å². The molecule has 0 aromatic carbocycles. The number of halogens is 3. The van der Waals surface area contributed by atoms with Crippen molar-refractivity contribution in [2.24, 2.45) is 0 Å². The molecule has 0 saturated carbocycles. The Morgan fingerprint density at radius 3 is 2.39 bits per heavy atom. The molecule has 0 aromatic rings. The molecule has 0 bridgehead atoms. The first-order valence-electron chi connectivity index (χ1n) is 5.21. The van der Waals surface area contributed by atoms with Gasteiger partial charge >= 0.3 is 15.6 Å². The van der Waals surface area contributed by atoms with Crippen LogP contribution < -0.4 is 0 Å². The van der Waals surface area contributed by atoms with E-state index >= 15 is 0 Å². The molecule has 0 N–H and O–H groups in total. The molecule has 9 heteroatoms. The van der Waals surface area contributed by atoms with Gasteiger partial charge in [0.05, 0.1) is 0 Å². The highest BCUT2D eigenvalue weighted by Gasteiger charge is 2.50. The van der Waals surface area contributed by atoms with Crippen molar-refractivity contribution in [3.05, 3.63) is 0 Å². The number of alkyl halides is 3. The quantitative estimate of drug-likeness (QED) is 0.578. The summed E-state index contributed by atoms with van der Waals surface area (Å²) in [5.41, 5.74) is -7.09. The Morgan fingerprint density at radius 1 is 1.39 bits per heavy atom. The van der Waals surface area contributed by atoms with Gasteiger partial charge in [-0.25, -0.2) is 0 Å². The summed E-state index contributed by atoms with van der Waals surface area (Å²) < 4.78 is 66.7. The van der Waals surface area contributed by atoms with Crippen molar-refractivity contribution in [2.45, 2.75) is 37.3 Å². The SMILES string of the molecule is CC(=O)C1(COS(=O)(=O)C(F)(F)F)CCCCO1. The molecule has 1 fully saturated rings. The molecule has 0 aliphatic carbocycles. The Morgan fingerprint density at radius 2 is 2.00 bits per heavy atom. The predicted octanol–water partition coefficient (Wildman–Crippen LogP) is 1.38. The van der Waals surface area contributed by atoms with Gasteiger partial charge in [-0.05, 0) is 26.2 Å². The summed E-state index contributed by atoms with van der Waals surface area (Å²) in [6, 6.07) is 0. The van der Waals surface area contributed by atoms with E-state index < -0.39 is 33.6 Å². The fraction of sp³-hybridized carbons (Fsp3) is 0.889. The second kappa shape index (κ2) is 5.14. The van der Waals surface area contributed by atoms with E-state index in [2.05, 4.69) is 4.18 Å². The molecule has 1 saturated heterocycles. The molecule has 1 rings (SSSR count). The Hall–Kier alpha value is -0.670. The number of Topliss-reactive ketones (excluding diaryl/α,β-unsaturated/α-hetero) is 1. The molecule has 1 heterocycles. The van der Waals surface area contributed by atoms with Crippen molar-refractivity contribution in [2.75, 3.05) is 13.2 Å². The summed E-state index contributed by atoms with van der Waals surface area (Å²) in [5.74, 6) is -0.542. The zero-order valence-electron chi connectivity index (χ0n) is 9.62. The van der Waals surface area contributed by atoms with Crippen molar-refractivity contribution in [3.63, 3.8) is 0 Å². The summed E-state index contributed by atoms with van der Waals surface area (Å²) >= 11 is 0. The first-order chi connectivity index (χ1) is 8.11. The standard InChI is InChI=1S/C9H13F3O5S/c1-7(13)8(4-2-3-5-16-8)6-17-18(14,15)9(10,11)12/h2-6H2,1H3. The highest BCUT2D eigenvalue weighted by molar-refractivity contribution is 7.87. The number of ketones is 1. The van der Waals surface area contributed by atoms with Crippen LogP contribution in [0.2, 0.25) is 0 Å². The number of hydrogen-bond donors (Lipinski definition) is 0. The molecule has 0 spiro atoms. The third-order valence-corrected chi connectivity index (χ3v) is 3.72. The maximum Gasteiger partial charge on any atom is 0.523 e. The van der Waals surface area contributed by atoms with Crippen LogP contribution in [0.4, 0.5) is 13.2 Å². The van der Waals surface area contributed by atoms with Crippen LogP contribution in [0.1, 0.15) is 26.2 Å². The zero-order valence-corrected chi connectivity index (χ0v) is 10.4. The van der Waals surface area contributed by atoms with Gasteiger partial charge in [-0.2, -0.15) is 21.6 Å². The lowest BCUT2D eigenvalue weighted by atomic mass is 9.91. The molecule has 0 radical (unpaired) electrons. The Bertz CT molecular complexity index is 408. The number of hydrogen-bond acceptors (Lipinski definition) is 5. The van der Waals surface area contributed by atoms with E-state index in [-0.39, 0.29) is 13.0 Å². The smallest absolute Gasteiger partial charge is 0.365 e. The fourth-order valence-corrected chi connectivity index (χ4v) is 2.06. The number of carbonyl (C=O) groups is 1. The largest absolute Gasteiger partial charge is 0.523 e. The van der Waals surface area contributed by atoms with Gasteiger partial charge in [-0.15, -0.1) is 0 Å². The average Bonchev–Trinajstić information content (AvgIpc) is 2.26. The van der Waals surface area contributed by atoms with Crippen LogP contribution >= 0.6 is 0 Å². The lowest BCUT2D eigenvalue weighted by molar-refractivity contribution is -0.155. The van der Waals surface area contributed by atoms with Crippen molar-refractivity contribution in [1.29, 1.82) is 0 Å². The zero-order chi connectivity index (χ0) is 14.0. The van der Waals surface area contributed by atoms with Gasteiger partial charge in [0, 0.05) is 6.61 Å². The van der Waals surface area contributed by atoms with E-state index in [4.69, 9.17) is 4.74 Å². The number of carbonyl (C=O) groups excluding carboxylic acids is 1. The third-order valence-electron chi connectivity index (χ3n) is 2.73. The van der Waals surface area contributed by atoms with E-state index in [0.29, 0.717) is 12.8 Å². The van der Waals surface area contributed by atoms with Crippen LogP contribution in [0.5, 0.6) is 0 Å². The lowest BCUT2D eigenvalue weighted by Gasteiger charge is -2.34. The first kappa shape index (κ1) is 15.4. The lowest BCUT2D eigenvalue weighted by Crippen LogP contribution is -2.48. The van der Waals surface area contributed by atoms with E-state index in [1.165, 1.54) is 0 Å². The van der Waals surface area contributed by atoms with Crippen LogP contribution in [0, 0.1) is 0 Å². The molecule has 18 heavy (non-hydrogen) atoms. The van der Waals surface area contributed by atoms with Gasteiger partial charge in [0.1, 0.15) is 6.61 Å². The van der Waals surface area contributed by atoms with E-state index in [1.54, 1.807) is 0 Å². The van der Waals surface area contributed by atoms with Crippen LogP contribution in [-0.4, -0.2) is 38.5 Å². The van der Waals surface area contributed by atoms with Crippen molar-refractivity contribution in [3.8, 4) is 0 Å². The second-order valence-corrected chi connectivity index (χ2v) is 5.62. The molecule has 106 valence electrons. The van der Waals surface area contributed by atoms with Gasteiger partial charge in [0.25, 0.3) is 0 Å². The number of rotatable bonds is 4. The molecule has 5 nitrogen and oxygen atoms in total. The second-order valence-electron chi connectivity index (χ2n) is 4.02. The summed E-state index contributed by atoms with van der Waals surface area (Å²) in [5, 5.41) is 0. The summed E-state index contributed by atoms with van der Waals surface area (Å²) in [6.07, 6.45) is 1.38. The molecule has 1 aliphatic rings. The Kier molecular flexibility index (Phi) is 4.39. The highest BCUT2D eigenvalue weighted by atomic mass is 32.2. The molecule has 1 atom stereocenters. The maximum atomic E-state index is 12.1. The van der Waals surface area contributed by atoms with Gasteiger partial charge in [-0.3, -0.25) is 8.98 Å². The van der Waals surface area contributed by atoms with Crippen LogP contribution in [-0.2, 0) is 23.8 Å². The minimum absolute atomic E-state index is 0.149. The van der Waals surface area contributed by atoms with Gasteiger partial charge in [-0.1, -0.05) is 0 Å². The monoisotopic (exact) mass is 290 g/mol. The van der Waals surface area contributed by atoms with Crippen LogP contribution in [0.25, 0.3) is 0 Å². The Balaban J connectivity index is 2.79. The van der Waals surface area contributed by atoms with E-state index in [0.717, 1.165) is 6.92 Å². The average molecular weight is 290 g/mol. The summed E-state index contributed by atoms with van der Waals surface area (Å²) in [4.78, 5) is 11.4. The predicted molar refractivity (Wildman–Crippen MR) is 54.1 cm³/mol. The summed E-state index contributed by atoms with van der Waals surface area (Å²) in [6.45, 7) is 0.383. The van der Waals surface area contributed by atoms with Crippen molar-refractivity contribution >= 4 is 15.9 Å². The minimum Gasteiger partial charge on any atom is -0.365 e. The molecular formula is C9H13F3O5S. The third kappa shape index (κ3) is 3.21. The Labute approximate surface area is 102 Å². The first-order valence-corrected chi connectivity index (χ1v) is 6.62. The fourth-order valence-electron chi connectivity index (χ4n) is 1.59. The molecule has 1 aliphatic heterocycles. The van der Waals surface area contributed by atoms with Gasteiger partial charge in [0.2, 0.25) is 0 Å². The normalized spacial score (nSPS) is 26.0. The maximum absolute atomic E-state index is 12.1. The van der Waals surface area contributed by atoms with Gasteiger partial charge < -0.3 is 4.74 Å². The molecule has 0 aromatic heterocycles. The van der Waals surface area contributed by atoms with Gasteiger partial charge in [0.15, 0.2) is 11.4 Å². The van der Waals surface area contributed by atoms with Crippen LogP contribution in [0.15, 0.2) is 0 Å². The minimum atomic E-state index is -5.70.